The predicted octanol–water partition coefficient (Wildman–Crippen LogP) is 0.104. The number of nitrogens with zero attached hydrogens (tertiary/aromatic N) is 2. The highest BCUT2D eigenvalue weighted by molar-refractivity contribution is 5.94. The van der Waals surface area contributed by atoms with E-state index in [1.807, 2.05) is 0 Å². The first kappa shape index (κ1) is 14.7. The zero-order chi connectivity index (χ0) is 14.3. The summed E-state index contributed by atoms with van der Waals surface area (Å²) in [5.41, 5.74) is 16.8. The molecule has 0 heterocycles. The first-order valence-corrected chi connectivity index (χ1v) is 5.49. The Balaban J connectivity index is 2.97. The van der Waals surface area contributed by atoms with Crippen LogP contribution in [0.5, 0.6) is 0 Å². The molecule has 0 fully saturated rings. The van der Waals surface area contributed by atoms with Crippen molar-refractivity contribution in [2.45, 2.75) is 0 Å². The summed E-state index contributed by atoms with van der Waals surface area (Å²) in [6.45, 7) is 1.05. The molecule has 0 aliphatic heterocycles. The van der Waals surface area contributed by atoms with Gasteiger partial charge in [0.25, 0.3) is 0 Å². The third-order valence-electron chi connectivity index (χ3n) is 2.06. The summed E-state index contributed by atoms with van der Waals surface area (Å²) >= 11 is 0. The zero-order valence-corrected chi connectivity index (χ0v) is 10.6. The number of hydrogen-bond donors (Lipinski definition) is 4. The molecule has 104 valence electrons. The van der Waals surface area contributed by atoms with Crippen molar-refractivity contribution in [1.29, 1.82) is 0 Å². The van der Waals surface area contributed by atoms with Gasteiger partial charge >= 0.3 is 0 Å². The lowest BCUT2D eigenvalue weighted by Gasteiger charge is -2.09. The molecule has 1 rings (SSSR count). The van der Waals surface area contributed by atoms with Gasteiger partial charge in [0.15, 0.2) is 5.96 Å². The minimum absolute atomic E-state index is 0.152. The van der Waals surface area contributed by atoms with Crippen molar-refractivity contribution in [2.24, 2.45) is 27.2 Å². The number of aliphatic imine (C=N–C) groups is 2. The summed E-state index contributed by atoms with van der Waals surface area (Å²) in [5.74, 6) is -0.805. The van der Waals surface area contributed by atoms with Crippen LogP contribution in [0.1, 0.15) is 0 Å². The fraction of sp³-hybridized carbons (Fsp3) is 0.273. The van der Waals surface area contributed by atoms with Crippen LogP contribution < -0.4 is 22.5 Å². The minimum atomic E-state index is -0.437. The van der Waals surface area contributed by atoms with Gasteiger partial charge in [-0.1, -0.05) is 0 Å². The van der Waals surface area contributed by atoms with Gasteiger partial charge in [0.2, 0.25) is 5.96 Å². The van der Waals surface area contributed by atoms with Gasteiger partial charge in [-0.15, -0.1) is 0 Å². The number of hydrogen-bond acceptors (Lipinski definition) is 3. The van der Waals surface area contributed by atoms with E-state index in [0.717, 1.165) is 0 Å². The molecular weight excluding hydrogens is 251 g/mol. The number of rotatable bonds is 5. The van der Waals surface area contributed by atoms with E-state index in [9.17, 15) is 4.39 Å². The van der Waals surface area contributed by atoms with E-state index in [0.29, 0.717) is 24.5 Å². The fourth-order valence-electron chi connectivity index (χ4n) is 1.32. The van der Waals surface area contributed by atoms with Crippen molar-refractivity contribution in [2.75, 3.05) is 25.6 Å². The predicted molar refractivity (Wildman–Crippen MR) is 73.9 cm³/mol. The maximum absolute atomic E-state index is 13.2. The Morgan fingerprint density at radius 3 is 2.74 bits per heavy atom. The highest BCUT2D eigenvalue weighted by Crippen LogP contribution is 2.25. The average Bonchev–Trinajstić information content (AvgIpc) is 2.31. The van der Waals surface area contributed by atoms with E-state index < -0.39 is 5.82 Å². The van der Waals surface area contributed by atoms with Crippen LogP contribution in [0.4, 0.5) is 15.8 Å². The lowest BCUT2D eigenvalue weighted by molar-refractivity contribution is 0.211. The lowest BCUT2D eigenvalue weighted by atomic mass is 10.2. The second kappa shape index (κ2) is 7.17. The topological polar surface area (TPSA) is 124 Å². The molecule has 7 nitrogen and oxygen atoms in total. The third-order valence-corrected chi connectivity index (χ3v) is 2.06. The summed E-state index contributed by atoms with van der Waals surface area (Å²) < 4.78 is 18.1. The number of benzene rings is 1. The summed E-state index contributed by atoms with van der Waals surface area (Å²) in [4.78, 5) is 7.51. The van der Waals surface area contributed by atoms with E-state index in [-0.39, 0.29) is 11.9 Å². The van der Waals surface area contributed by atoms with Crippen LogP contribution in [0.25, 0.3) is 0 Å². The van der Waals surface area contributed by atoms with Crippen molar-refractivity contribution in [3.63, 3.8) is 0 Å². The summed E-state index contributed by atoms with van der Waals surface area (Å²) in [6, 6.07) is 4.09. The number of ether oxygens (including phenoxy) is 1. The van der Waals surface area contributed by atoms with Gasteiger partial charge in [-0.2, -0.15) is 4.99 Å². The van der Waals surface area contributed by atoms with Gasteiger partial charge in [0.1, 0.15) is 5.82 Å². The van der Waals surface area contributed by atoms with Crippen LogP contribution in [0, 0.1) is 5.82 Å². The maximum atomic E-state index is 13.2. The molecule has 0 amide bonds. The van der Waals surface area contributed by atoms with Crippen molar-refractivity contribution >= 4 is 23.3 Å². The first-order chi connectivity index (χ1) is 9.02. The molecule has 0 saturated heterocycles. The molecule has 0 bridgehead atoms. The smallest absolute Gasteiger partial charge is 0.223 e. The standard InChI is InChI=1S/C11H17FN6O/c1-19-5-4-16-8-3-2-7(12)6-9(8)17-11(15)18-10(13)14/h2-3,6,16H,4-5H2,1H3,(H6,13,14,15,17,18). The fourth-order valence-corrected chi connectivity index (χ4v) is 1.32. The second-order valence-corrected chi connectivity index (χ2v) is 3.59. The van der Waals surface area contributed by atoms with Gasteiger partial charge in [-0.05, 0) is 12.1 Å². The highest BCUT2D eigenvalue weighted by Gasteiger charge is 2.04. The number of methoxy groups -OCH3 is 1. The Labute approximate surface area is 110 Å². The van der Waals surface area contributed by atoms with Crippen molar-refractivity contribution in [3.05, 3.63) is 24.0 Å². The molecule has 0 aromatic heterocycles. The molecule has 0 atom stereocenters. The molecule has 19 heavy (non-hydrogen) atoms. The van der Waals surface area contributed by atoms with E-state index in [2.05, 4.69) is 15.3 Å². The Morgan fingerprint density at radius 2 is 2.11 bits per heavy atom. The van der Waals surface area contributed by atoms with E-state index in [1.54, 1.807) is 13.2 Å². The van der Waals surface area contributed by atoms with Crippen LogP contribution in [0.15, 0.2) is 28.2 Å². The lowest BCUT2D eigenvalue weighted by Crippen LogP contribution is -2.26. The third kappa shape index (κ3) is 5.21. The first-order valence-electron chi connectivity index (χ1n) is 5.49. The largest absolute Gasteiger partial charge is 0.383 e. The molecule has 0 saturated carbocycles. The van der Waals surface area contributed by atoms with Crippen molar-refractivity contribution in [3.8, 4) is 0 Å². The minimum Gasteiger partial charge on any atom is -0.383 e. The number of anilines is 1. The number of nitrogens with one attached hydrogen (secondary N) is 1. The molecule has 1 aromatic rings. The number of halogens is 1. The molecule has 8 heteroatoms. The molecule has 0 aliphatic rings. The molecule has 1 aromatic carbocycles. The highest BCUT2D eigenvalue weighted by atomic mass is 19.1. The van der Waals surface area contributed by atoms with E-state index in [1.165, 1.54) is 12.1 Å². The molecule has 0 radical (unpaired) electrons. The van der Waals surface area contributed by atoms with Gasteiger partial charge in [-0.3, -0.25) is 0 Å². The summed E-state index contributed by atoms with van der Waals surface area (Å²) in [7, 11) is 1.59. The molecular formula is C11H17FN6O. The average molecular weight is 268 g/mol. The molecule has 7 N–H and O–H groups in total. The van der Waals surface area contributed by atoms with Crippen LogP contribution >= 0.6 is 0 Å². The van der Waals surface area contributed by atoms with Crippen molar-refractivity contribution < 1.29 is 9.13 Å². The quantitative estimate of drug-likeness (QED) is 0.342. The Kier molecular flexibility index (Phi) is 5.55. The molecule has 0 spiro atoms. The SMILES string of the molecule is COCCNc1ccc(F)cc1N=C(N)N=C(N)N. The second-order valence-electron chi connectivity index (χ2n) is 3.59. The summed E-state index contributed by atoms with van der Waals surface area (Å²) in [5, 5.41) is 3.03. The molecule has 0 aliphatic carbocycles. The van der Waals surface area contributed by atoms with Crippen molar-refractivity contribution in [1.82, 2.24) is 0 Å². The number of guanidine groups is 2. The van der Waals surface area contributed by atoms with Crippen LogP contribution in [-0.2, 0) is 4.74 Å². The van der Waals surface area contributed by atoms with Crippen LogP contribution in [0.3, 0.4) is 0 Å². The monoisotopic (exact) mass is 268 g/mol. The van der Waals surface area contributed by atoms with E-state index >= 15 is 0 Å². The van der Waals surface area contributed by atoms with Crippen LogP contribution in [0.2, 0.25) is 0 Å². The molecule has 0 unspecified atom stereocenters. The summed E-state index contributed by atoms with van der Waals surface area (Å²) in [6.07, 6.45) is 0. The maximum Gasteiger partial charge on any atom is 0.223 e. The normalized spacial score (nSPS) is 11.2. The number of nitrogens with two attached hydrogens (primary N) is 3. The van der Waals surface area contributed by atoms with E-state index in [4.69, 9.17) is 21.9 Å². The van der Waals surface area contributed by atoms with Gasteiger partial charge in [0.05, 0.1) is 18.0 Å². The Morgan fingerprint density at radius 1 is 1.37 bits per heavy atom. The Hall–Kier alpha value is -2.35. The Bertz CT molecular complexity index is 484. The van der Waals surface area contributed by atoms with Crippen LogP contribution in [-0.4, -0.2) is 32.2 Å². The van der Waals surface area contributed by atoms with Gasteiger partial charge < -0.3 is 27.3 Å². The van der Waals surface area contributed by atoms with Gasteiger partial charge in [-0.25, -0.2) is 9.38 Å². The zero-order valence-electron chi connectivity index (χ0n) is 10.6. The van der Waals surface area contributed by atoms with Gasteiger partial charge in [0, 0.05) is 19.7 Å².